The van der Waals surface area contributed by atoms with Crippen LogP contribution < -0.4 is 18.9 Å². The van der Waals surface area contributed by atoms with Crippen molar-refractivity contribution < 1.29 is 38.7 Å². The summed E-state index contributed by atoms with van der Waals surface area (Å²) in [7, 11) is 2.99. The van der Waals surface area contributed by atoms with Gasteiger partial charge in [-0.05, 0) is 67.5 Å². The molecule has 2 rings (SSSR count). The zero-order chi connectivity index (χ0) is 24.4. The molecule has 2 atom stereocenters. The highest BCUT2D eigenvalue weighted by molar-refractivity contribution is 5.71. The maximum Gasteiger partial charge on any atom is 0.308 e. The van der Waals surface area contributed by atoms with Gasteiger partial charge in [0.15, 0.2) is 23.0 Å². The molecule has 0 aliphatic heterocycles. The molecule has 2 unspecified atom stereocenters. The summed E-state index contributed by atoms with van der Waals surface area (Å²) >= 11 is 0. The second kappa shape index (κ2) is 12.8. The van der Waals surface area contributed by atoms with Gasteiger partial charge >= 0.3 is 11.9 Å². The number of hydrogen-bond donors (Lipinski definition) is 2. The van der Waals surface area contributed by atoms with E-state index in [2.05, 4.69) is 0 Å². The number of aryl methyl sites for hydroxylation is 2. The fraction of sp³-hybridized carbons (Fsp3) is 0.440. The van der Waals surface area contributed by atoms with Crippen molar-refractivity contribution in [3.05, 3.63) is 47.5 Å². The van der Waals surface area contributed by atoms with Crippen LogP contribution in [0.5, 0.6) is 23.0 Å². The first-order valence-electron chi connectivity index (χ1n) is 10.8. The molecular weight excluding hydrogens is 428 g/mol. The molecule has 0 aliphatic rings. The lowest BCUT2D eigenvalue weighted by atomic mass is 9.99. The van der Waals surface area contributed by atoms with E-state index in [-0.39, 0.29) is 6.42 Å². The van der Waals surface area contributed by atoms with E-state index in [9.17, 15) is 19.8 Å². The predicted octanol–water partition coefficient (Wildman–Crippen LogP) is 3.23. The molecule has 8 nitrogen and oxygen atoms in total. The van der Waals surface area contributed by atoms with Crippen molar-refractivity contribution in [1.82, 2.24) is 0 Å². The summed E-state index contributed by atoms with van der Waals surface area (Å²) < 4.78 is 20.7. The molecule has 0 amide bonds. The van der Waals surface area contributed by atoms with E-state index in [1.165, 1.54) is 28.1 Å². The molecule has 8 heteroatoms. The zero-order valence-electron chi connectivity index (χ0n) is 19.5. The number of rotatable bonds is 12. The van der Waals surface area contributed by atoms with Gasteiger partial charge in [0, 0.05) is 13.8 Å². The van der Waals surface area contributed by atoms with Crippen LogP contribution in [0.1, 0.15) is 44.2 Å². The molecule has 0 aliphatic carbocycles. The standard InChI is InChI=1S/C25H32O8/c1-16(26)32-22-11-7-18(13-24(22)30-3)5-9-20(28)15-21(29)10-6-19-8-12-23(33-17(2)27)25(14-19)31-4/h7-8,11-14,20-21,28-29H,5-6,9-10,15H2,1-4H3. The molecule has 33 heavy (non-hydrogen) atoms. The van der Waals surface area contributed by atoms with Crippen LogP contribution in [0.25, 0.3) is 0 Å². The van der Waals surface area contributed by atoms with E-state index < -0.39 is 24.1 Å². The van der Waals surface area contributed by atoms with Crippen molar-refractivity contribution in [2.45, 2.75) is 58.2 Å². The maximum atomic E-state index is 11.2. The average Bonchev–Trinajstić information content (AvgIpc) is 2.76. The number of ether oxygens (including phenoxy) is 4. The highest BCUT2D eigenvalue weighted by Crippen LogP contribution is 2.30. The Hall–Kier alpha value is -3.10. The van der Waals surface area contributed by atoms with Crippen LogP contribution in [0.3, 0.4) is 0 Å². The third kappa shape index (κ3) is 8.75. The van der Waals surface area contributed by atoms with Gasteiger partial charge < -0.3 is 29.2 Å². The molecule has 0 fully saturated rings. The highest BCUT2D eigenvalue weighted by Gasteiger charge is 2.15. The van der Waals surface area contributed by atoms with E-state index >= 15 is 0 Å². The van der Waals surface area contributed by atoms with Gasteiger partial charge in [-0.2, -0.15) is 0 Å². The first kappa shape index (κ1) is 26.2. The monoisotopic (exact) mass is 460 g/mol. The van der Waals surface area contributed by atoms with Gasteiger partial charge in [-0.25, -0.2) is 0 Å². The molecule has 2 aromatic carbocycles. The fourth-order valence-electron chi connectivity index (χ4n) is 3.43. The Morgan fingerprint density at radius 3 is 1.45 bits per heavy atom. The molecule has 0 radical (unpaired) electrons. The Morgan fingerprint density at radius 2 is 1.12 bits per heavy atom. The number of carbonyl (C=O) groups is 2. The summed E-state index contributed by atoms with van der Waals surface area (Å²) in [6.07, 6.45) is 1.03. The lowest BCUT2D eigenvalue weighted by Gasteiger charge is -2.17. The molecule has 2 N–H and O–H groups in total. The topological polar surface area (TPSA) is 112 Å². The van der Waals surface area contributed by atoms with Gasteiger partial charge in [-0.3, -0.25) is 9.59 Å². The van der Waals surface area contributed by atoms with Crippen molar-refractivity contribution in [3.63, 3.8) is 0 Å². The van der Waals surface area contributed by atoms with Gasteiger partial charge in [0.2, 0.25) is 0 Å². The molecule has 0 spiro atoms. The summed E-state index contributed by atoms with van der Waals surface area (Å²) in [4.78, 5) is 22.3. The van der Waals surface area contributed by atoms with E-state index in [1.807, 2.05) is 12.1 Å². The molecule has 0 aromatic heterocycles. The van der Waals surface area contributed by atoms with Crippen LogP contribution in [0.15, 0.2) is 36.4 Å². The number of hydrogen-bond acceptors (Lipinski definition) is 8. The predicted molar refractivity (Wildman–Crippen MR) is 122 cm³/mol. The number of aliphatic hydroxyl groups is 2. The van der Waals surface area contributed by atoms with Crippen LogP contribution in [-0.4, -0.2) is 48.6 Å². The second-order valence-corrected chi connectivity index (χ2v) is 7.78. The van der Waals surface area contributed by atoms with Crippen molar-refractivity contribution in [2.75, 3.05) is 14.2 Å². The largest absolute Gasteiger partial charge is 0.493 e. The number of benzene rings is 2. The van der Waals surface area contributed by atoms with Crippen LogP contribution >= 0.6 is 0 Å². The average molecular weight is 461 g/mol. The second-order valence-electron chi connectivity index (χ2n) is 7.78. The molecule has 0 bridgehead atoms. The minimum Gasteiger partial charge on any atom is -0.493 e. The number of esters is 2. The van der Waals surface area contributed by atoms with Crippen LogP contribution in [0, 0.1) is 0 Å². The molecule has 0 saturated heterocycles. The third-order valence-corrected chi connectivity index (χ3v) is 5.04. The van der Waals surface area contributed by atoms with E-state index in [4.69, 9.17) is 18.9 Å². The molecule has 0 saturated carbocycles. The van der Waals surface area contributed by atoms with E-state index in [1.54, 1.807) is 24.3 Å². The third-order valence-electron chi connectivity index (χ3n) is 5.04. The van der Waals surface area contributed by atoms with Gasteiger partial charge in [-0.15, -0.1) is 0 Å². The normalized spacial score (nSPS) is 12.5. The summed E-state index contributed by atoms with van der Waals surface area (Å²) in [5.74, 6) is 0.748. The van der Waals surface area contributed by atoms with Crippen LogP contribution in [0.2, 0.25) is 0 Å². The Labute approximate surface area is 194 Å². The van der Waals surface area contributed by atoms with Crippen molar-refractivity contribution in [3.8, 4) is 23.0 Å². The smallest absolute Gasteiger partial charge is 0.308 e. The fourth-order valence-corrected chi connectivity index (χ4v) is 3.43. The van der Waals surface area contributed by atoms with Gasteiger partial charge in [0.1, 0.15) is 0 Å². The van der Waals surface area contributed by atoms with E-state index in [0.29, 0.717) is 48.7 Å². The molecular formula is C25H32O8. The first-order valence-corrected chi connectivity index (χ1v) is 10.8. The number of carbonyl (C=O) groups excluding carboxylic acids is 2. The summed E-state index contributed by atoms with van der Waals surface area (Å²) in [5, 5.41) is 20.7. The van der Waals surface area contributed by atoms with Crippen LogP contribution in [-0.2, 0) is 22.4 Å². The van der Waals surface area contributed by atoms with Gasteiger partial charge in [0.25, 0.3) is 0 Å². The zero-order valence-corrected chi connectivity index (χ0v) is 19.5. The summed E-state index contributed by atoms with van der Waals surface area (Å²) in [6, 6.07) is 10.5. The minimum absolute atomic E-state index is 0.255. The molecule has 0 heterocycles. The van der Waals surface area contributed by atoms with Crippen molar-refractivity contribution in [2.24, 2.45) is 0 Å². The Bertz CT molecular complexity index is 864. The lowest BCUT2D eigenvalue weighted by Crippen LogP contribution is -2.19. The molecule has 180 valence electrons. The van der Waals surface area contributed by atoms with Crippen molar-refractivity contribution >= 4 is 11.9 Å². The maximum absolute atomic E-state index is 11.2. The van der Waals surface area contributed by atoms with Crippen LogP contribution in [0.4, 0.5) is 0 Å². The lowest BCUT2D eigenvalue weighted by molar-refractivity contribution is -0.132. The first-order chi connectivity index (χ1) is 15.7. The van der Waals surface area contributed by atoms with E-state index in [0.717, 1.165) is 11.1 Å². The summed E-state index contributed by atoms with van der Waals surface area (Å²) in [6.45, 7) is 2.65. The van der Waals surface area contributed by atoms with Gasteiger partial charge in [-0.1, -0.05) is 12.1 Å². The van der Waals surface area contributed by atoms with Crippen molar-refractivity contribution in [1.29, 1.82) is 0 Å². The number of methoxy groups -OCH3 is 2. The van der Waals surface area contributed by atoms with Gasteiger partial charge in [0.05, 0.1) is 26.4 Å². The SMILES string of the molecule is COc1cc(CCC(O)CC(O)CCc2ccc(OC(C)=O)c(OC)c2)ccc1OC(C)=O. The summed E-state index contributed by atoms with van der Waals surface area (Å²) in [5.41, 5.74) is 1.85. The molecule has 2 aromatic rings. The number of aliphatic hydroxyl groups excluding tert-OH is 2. The minimum atomic E-state index is -0.667. The Morgan fingerprint density at radius 1 is 0.727 bits per heavy atom. The quantitative estimate of drug-likeness (QED) is 0.367. The Balaban J connectivity index is 1.83. The Kier molecular flexibility index (Phi) is 10.2. The highest BCUT2D eigenvalue weighted by atomic mass is 16.6.